The molecule has 2 aliphatic heterocycles. The number of carbonyl (C=O) groups is 1. The molecule has 3 heterocycles. The number of carbonyl (C=O) groups excluding carboxylic acids is 1. The van der Waals surface area contributed by atoms with Gasteiger partial charge in [-0.25, -0.2) is 13.8 Å². The number of halogens is 3. The molecule has 23 heavy (non-hydrogen) atoms. The Morgan fingerprint density at radius 1 is 1.26 bits per heavy atom. The zero-order valence-corrected chi connectivity index (χ0v) is 13.6. The van der Waals surface area contributed by atoms with E-state index >= 15 is 0 Å². The Kier molecular flexibility index (Phi) is 4.71. The van der Waals surface area contributed by atoms with E-state index in [1.54, 1.807) is 17.2 Å². The van der Waals surface area contributed by atoms with Gasteiger partial charge in [0.1, 0.15) is 5.82 Å². The van der Waals surface area contributed by atoms with Crippen molar-refractivity contribution in [3.63, 3.8) is 0 Å². The molecule has 2 saturated heterocycles. The summed E-state index contributed by atoms with van der Waals surface area (Å²) in [6.07, 6.45) is 2.83. The lowest BCUT2D eigenvalue weighted by atomic mass is 9.95. The van der Waals surface area contributed by atoms with Crippen LogP contribution in [-0.4, -0.2) is 47.9 Å². The number of nitrogens with zero attached hydrogens (tertiary/aromatic N) is 3. The molecule has 0 radical (unpaired) electrons. The summed E-state index contributed by atoms with van der Waals surface area (Å²) in [5.74, 6) is -1.97. The quantitative estimate of drug-likeness (QED) is 0.827. The van der Waals surface area contributed by atoms with Crippen LogP contribution >= 0.6 is 11.6 Å². The first-order valence-electron chi connectivity index (χ1n) is 7.98. The third-order valence-corrected chi connectivity index (χ3v) is 4.84. The van der Waals surface area contributed by atoms with Gasteiger partial charge in [0.15, 0.2) is 0 Å². The molecule has 7 heteroatoms. The lowest BCUT2D eigenvalue weighted by Gasteiger charge is -2.38. The van der Waals surface area contributed by atoms with Gasteiger partial charge in [0, 0.05) is 45.2 Å². The summed E-state index contributed by atoms with van der Waals surface area (Å²) in [4.78, 5) is 20.6. The standard InChI is InChI=1S/C16H20ClF2N3O/c17-13-3-4-14(20-10-13)22-7-1-2-12(11-22)15(23)21-8-5-16(18,19)6-9-21/h3-4,10,12H,1-2,5-9,11H2. The van der Waals surface area contributed by atoms with Crippen molar-refractivity contribution in [1.29, 1.82) is 0 Å². The molecule has 1 amide bonds. The van der Waals surface area contributed by atoms with E-state index in [9.17, 15) is 13.6 Å². The zero-order chi connectivity index (χ0) is 16.4. The van der Waals surface area contributed by atoms with Crippen LogP contribution < -0.4 is 4.90 Å². The van der Waals surface area contributed by atoms with Crippen molar-refractivity contribution >= 4 is 23.3 Å². The maximum Gasteiger partial charge on any atom is 0.251 e. The van der Waals surface area contributed by atoms with Gasteiger partial charge in [0.25, 0.3) is 5.92 Å². The highest BCUT2D eigenvalue weighted by Gasteiger charge is 2.38. The Bertz CT molecular complexity index is 557. The largest absolute Gasteiger partial charge is 0.356 e. The summed E-state index contributed by atoms with van der Waals surface area (Å²) in [5, 5.41) is 0.577. The Morgan fingerprint density at radius 3 is 2.65 bits per heavy atom. The van der Waals surface area contributed by atoms with Crippen molar-refractivity contribution in [2.75, 3.05) is 31.1 Å². The highest BCUT2D eigenvalue weighted by Crippen LogP contribution is 2.30. The van der Waals surface area contributed by atoms with E-state index in [1.165, 1.54) is 0 Å². The second-order valence-corrected chi connectivity index (χ2v) is 6.74. The van der Waals surface area contributed by atoms with Crippen LogP contribution in [0.2, 0.25) is 5.02 Å². The summed E-state index contributed by atoms with van der Waals surface area (Å²) >= 11 is 5.85. The van der Waals surface area contributed by atoms with E-state index in [1.807, 2.05) is 6.07 Å². The first kappa shape index (κ1) is 16.4. The highest BCUT2D eigenvalue weighted by atomic mass is 35.5. The molecule has 1 atom stereocenters. The lowest BCUT2D eigenvalue weighted by molar-refractivity contribution is -0.141. The van der Waals surface area contributed by atoms with Gasteiger partial charge in [-0.1, -0.05) is 11.6 Å². The predicted octanol–water partition coefficient (Wildman–Crippen LogP) is 3.21. The van der Waals surface area contributed by atoms with Crippen LogP contribution in [0.25, 0.3) is 0 Å². The molecule has 1 aromatic rings. The number of pyridine rings is 1. The van der Waals surface area contributed by atoms with Crippen molar-refractivity contribution in [3.05, 3.63) is 23.4 Å². The molecule has 0 saturated carbocycles. The maximum absolute atomic E-state index is 13.2. The minimum Gasteiger partial charge on any atom is -0.356 e. The molecule has 0 aromatic carbocycles. The van der Waals surface area contributed by atoms with Crippen molar-refractivity contribution < 1.29 is 13.6 Å². The monoisotopic (exact) mass is 343 g/mol. The van der Waals surface area contributed by atoms with E-state index in [2.05, 4.69) is 9.88 Å². The lowest BCUT2D eigenvalue weighted by Crippen LogP contribution is -2.49. The van der Waals surface area contributed by atoms with E-state index in [-0.39, 0.29) is 37.8 Å². The molecule has 1 unspecified atom stereocenters. The molecule has 1 aromatic heterocycles. The number of amides is 1. The summed E-state index contributed by atoms with van der Waals surface area (Å²) in [6, 6.07) is 3.62. The van der Waals surface area contributed by atoms with Crippen molar-refractivity contribution in [2.45, 2.75) is 31.6 Å². The molecule has 0 aliphatic carbocycles. The Hall–Kier alpha value is -1.43. The van der Waals surface area contributed by atoms with Gasteiger partial charge in [-0.15, -0.1) is 0 Å². The molecular weight excluding hydrogens is 324 g/mol. The Balaban J connectivity index is 1.62. The highest BCUT2D eigenvalue weighted by molar-refractivity contribution is 6.30. The second-order valence-electron chi connectivity index (χ2n) is 6.30. The maximum atomic E-state index is 13.2. The molecular formula is C16H20ClF2N3O. The van der Waals surface area contributed by atoms with Gasteiger partial charge in [0.05, 0.1) is 10.9 Å². The number of hydrogen-bond acceptors (Lipinski definition) is 3. The first-order chi connectivity index (χ1) is 10.9. The fourth-order valence-corrected chi connectivity index (χ4v) is 3.37. The van der Waals surface area contributed by atoms with Gasteiger partial charge in [-0.05, 0) is 25.0 Å². The molecule has 2 aliphatic rings. The van der Waals surface area contributed by atoms with Gasteiger partial charge in [-0.2, -0.15) is 0 Å². The Labute approximate surface area is 139 Å². The SMILES string of the molecule is O=C(C1CCCN(c2ccc(Cl)cn2)C1)N1CCC(F)(F)CC1. The smallest absolute Gasteiger partial charge is 0.251 e. The number of aromatic nitrogens is 1. The van der Waals surface area contributed by atoms with Crippen LogP contribution in [0.3, 0.4) is 0 Å². The average molecular weight is 344 g/mol. The average Bonchev–Trinajstić information content (AvgIpc) is 2.55. The van der Waals surface area contributed by atoms with Gasteiger partial charge >= 0.3 is 0 Å². The molecule has 4 nitrogen and oxygen atoms in total. The van der Waals surface area contributed by atoms with E-state index in [0.717, 1.165) is 25.2 Å². The molecule has 0 N–H and O–H groups in total. The number of likely N-dealkylation sites (tertiary alicyclic amines) is 1. The minimum atomic E-state index is -2.62. The normalized spacial score (nSPS) is 24.6. The fourth-order valence-electron chi connectivity index (χ4n) is 3.25. The number of piperidine rings is 2. The Morgan fingerprint density at radius 2 is 2.00 bits per heavy atom. The van der Waals surface area contributed by atoms with Crippen LogP contribution in [0.15, 0.2) is 18.3 Å². The topological polar surface area (TPSA) is 36.4 Å². The summed E-state index contributed by atoms with van der Waals surface area (Å²) in [7, 11) is 0. The zero-order valence-electron chi connectivity index (χ0n) is 12.9. The third-order valence-electron chi connectivity index (χ3n) is 4.61. The van der Waals surface area contributed by atoms with E-state index in [0.29, 0.717) is 11.6 Å². The van der Waals surface area contributed by atoms with Crippen molar-refractivity contribution in [1.82, 2.24) is 9.88 Å². The van der Waals surface area contributed by atoms with Crippen LogP contribution in [-0.2, 0) is 4.79 Å². The summed E-state index contributed by atoms with van der Waals surface area (Å²) < 4.78 is 26.5. The van der Waals surface area contributed by atoms with E-state index < -0.39 is 5.92 Å². The van der Waals surface area contributed by atoms with Gasteiger partial charge in [-0.3, -0.25) is 4.79 Å². The van der Waals surface area contributed by atoms with Crippen molar-refractivity contribution in [2.24, 2.45) is 5.92 Å². The van der Waals surface area contributed by atoms with Crippen LogP contribution in [0.5, 0.6) is 0 Å². The van der Waals surface area contributed by atoms with Crippen LogP contribution in [0, 0.1) is 5.92 Å². The number of alkyl halides is 2. The number of rotatable bonds is 2. The van der Waals surface area contributed by atoms with Crippen LogP contribution in [0.1, 0.15) is 25.7 Å². The molecule has 3 rings (SSSR count). The van der Waals surface area contributed by atoms with E-state index in [4.69, 9.17) is 11.6 Å². The van der Waals surface area contributed by atoms with Gasteiger partial charge in [0.2, 0.25) is 5.91 Å². The first-order valence-corrected chi connectivity index (χ1v) is 8.35. The predicted molar refractivity (Wildman–Crippen MR) is 84.9 cm³/mol. The molecule has 126 valence electrons. The summed E-state index contributed by atoms with van der Waals surface area (Å²) in [5.41, 5.74) is 0. The number of hydrogen-bond donors (Lipinski definition) is 0. The second kappa shape index (κ2) is 6.59. The molecule has 0 spiro atoms. The summed E-state index contributed by atoms with van der Waals surface area (Å²) in [6.45, 7) is 1.74. The molecule has 0 bridgehead atoms. The van der Waals surface area contributed by atoms with Crippen molar-refractivity contribution in [3.8, 4) is 0 Å². The fraction of sp³-hybridized carbons (Fsp3) is 0.625. The van der Waals surface area contributed by atoms with Crippen LogP contribution in [0.4, 0.5) is 14.6 Å². The molecule has 2 fully saturated rings. The minimum absolute atomic E-state index is 0.000775. The third kappa shape index (κ3) is 3.91. The number of anilines is 1. The van der Waals surface area contributed by atoms with Gasteiger partial charge < -0.3 is 9.80 Å².